The van der Waals surface area contributed by atoms with E-state index >= 15 is 0 Å². The number of benzene rings is 1. The van der Waals surface area contributed by atoms with Crippen LogP contribution in [-0.4, -0.2) is 67.0 Å². The molecule has 1 atom stereocenters. The van der Waals surface area contributed by atoms with Crippen LogP contribution in [0.15, 0.2) is 24.4 Å². The number of alkyl halides is 3. The van der Waals surface area contributed by atoms with Crippen LogP contribution in [0.3, 0.4) is 0 Å². The van der Waals surface area contributed by atoms with Crippen molar-refractivity contribution in [1.29, 1.82) is 0 Å². The van der Waals surface area contributed by atoms with Gasteiger partial charge in [0.2, 0.25) is 11.8 Å². The van der Waals surface area contributed by atoms with E-state index in [2.05, 4.69) is 34.8 Å². The highest BCUT2D eigenvalue weighted by Gasteiger charge is 2.39. The van der Waals surface area contributed by atoms with Crippen LogP contribution in [0, 0.1) is 0 Å². The second kappa shape index (κ2) is 10.2. The van der Waals surface area contributed by atoms with E-state index in [0.717, 1.165) is 16.9 Å². The Morgan fingerprint density at radius 3 is 2.57 bits per heavy atom. The molecule has 0 saturated carbocycles. The molecule has 2 aliphatic heterocycles. The molecule has 3 amide bonds. The van der Waals surface area contributed by atoms with Gasteiger partial charge in [0.25, 0.3) is 5.91 Å². The quantitative estimate of drug-likeness (QED) is 0.523. The zero-order valence-electron chi connectivity index (χ0n) is 18.8. The topological polar surface area (TPSA) is 147 Å². The number of halogens is 3. The minimum absolute atomic E-state index is 0.184. The summed E-state index contributed by atoms with van der Waals surface area (Å²) in [6.45, 7) is 5.10. The maximum absolute atomic E-state index is 12.7. The average Bonchev–Trinajstić information content (AvgIpc) is 3.37. The lowest BCUT2D eigenvalue weighted by Gasteiger charge is -2.29. The molecule has 3 heterocycles. The molecule has 4 rings (SSSR count). The van der Waals surface area contributed by atoms with Gasteiger partial charge in [-0.15, -0.1) is 5.10 Å². The fourth-order valence-electron chi connectivity index (χ4n) is 3.52. The largest absolute Gasteiger partial charge is 0.490 e. The molecule has 0 radical (unpaired) electrons. The van der Waals surface area contributed by atoms with Crippen molar-refractivity contribution in [2.24, 2.45) is 0 Å². The van der Waals surface area contributed by atoms with Gasteiger partial charge < -0.3 is 15.3 Å². The molecular weight excluding hydrogens is 473 g/mol. The van der Waals surface area contributed by atoms with Gasteiger partial charge in [-0.1, -0.05) is 19.1 Å². The lowest BCUT2D eigenvalue weighted by Crippen LogP contribution is -2.52. The molecule has 1 aromatic carbocycles. The van der Waals surface area contributed by atoms with E-state index < -0.39 is 24.1 Å². The van der Waals surface area contributed by atoms with Crippen LogP contribution in [0.25, 0.3) is 5.69 Å². The van der Waals surface area contributed by atoms with E-state index in [1.807, 2.05) is 18.3 Å². The fourth-order valence-corrected chi connectivity index (χ4v) is 3.52. The van der Waals surface area contributed by atoms with Gasteiger partial charge in [0.15, 0.2) is 0 Å². The molecule has 3 N–H and O–H groups in total. The number of piperidine rings is 1. The first-order chi connectivity index (χ1) is 16.4. The summed E-state index contributed by atoms with van der Waals surface area (Å²) < 4.78 is 33.4. The molecule has 35 heavy (non-hydrogen) atoms. The smallest absolute Gasteiger partial charge is 0.475 e. The predicted octanol–water partition coefficient (Wildman–Crippen LogP) is 1.16. The summed E-state index contributed by atoms with van der Waals surface area (Å²) in [6, 6.07) is 5.22. The first kappa shape index (κ1) is 25.8. The summed E-state index contributed by atoms with van der Waals surface area (Å²) in [7, 11) is 0. The number of imide groups is 1. The monoisotopic (exact) mass is 496 g/mol. The van der Waals surface area contributed by atoms with Crippen molar-refractivity contribution in [2.75, 3.05) is 0 Å². The Morgan fingerprint density at radius 1 is 1.29 bits per heavy atom. The van der Waals surface area contributed by atoms with E-state index in [4.69, 9.17) is 9.90 Å². The molecule has 14 heteroatoms. The van der Waals surface area contributed by atoms with E-state index in [9.17, 15) is 27.6 Å². The summed E-state index contributed by atoms with van der Waals surface area (Å²) in [6.07, 6.45) is -2.63. The van der Waals surface area contributed by atoms with Gasteiger partial charge in [-0.25, -0.2) is 9.48 Å². The van der Waals surface area contributed by atoms with Crippen molar-refractivity contribution in [3.63, 3.8) is 0 Å². The molecular formula is C21H23F3N6O5. The molecule has 1 saturated heterocycles. The molecule has 1 unspecified atom stereocenters. The van der Waals surface area contributed by atoms with Gasteiger partial charge in [0.1, 0.15) is 6.04 Å². The van der Waals surface area contributed by atoms with Crippen molar-refractivity contribution in [2.45, 2.75) is 58.0 Å². The SMILES string of the molecule is CC(C)NCc1cn(-c2ccc3c(c2)CN(C2CCC(=O)NC2=O)C3=O)nn1.O=C(O)C(F)(F)F. The Labute approximate surface area is 197 Å². The molecule has 2 aliphatic rings. The number of nitrogens with zero attached hydrogens (tertiary/aromatic N) is 4. The number of nitrogens with one attached hydrogen (secondary N) is 2. The number of carboxylic acids is 1. The zero-order chi connectivity index (χ0) is 25.9. The lowest BCUT2D eigenvalue weighted by atomic mass is 10.0. The number of aliphatic carboxylic acids is 1. The molecule has 188 valence electrons. The molecule has 0 bridgehead atoms. The summed E-state index contributed by atoms with van der Waals surface area (Å²) >= 11 is 0. The van der Waals surface area contributed by atoms with E-state index in [-0.39, 0.29) is 18.2 Å². The Morgan fingerprint density at radius 2 is 1.97 bits per heavy atom. The van der Waals surface area contributed by atoms with Gasteiger partial charge in [-0.2, -0.15) is 13.2 Å². The van der Waals surface area contributed by atoms with Gasteiger partial charge >= 0.3 is 12.1 Å². The molecule has 0 spiro atoms. The highest BCUT2D eigenvalue weighted by atomic mass is 19.4. The minimum atomic E-state index is -5.08. The summed E-state index contributed by atoms with van der Waals surface area (Å²) in [5, 5.41) is 21.1. The number of carboxylic acid groups (broad SMARTS) is 1. The van der Waals surface area contributed by atoms with E-state index in [1.165, 1.54) is 4.90 Å². The Balaban J connectivity index is 0.000000429. The number of carbonyl (C=O) groups is 4. The summed E-state index contributed by atoms with van der Waals surface area (Å²) in [5.74, 6) is -3.64. The Bertz CT molecular complexity index is 1150. The van der Waals surface area contributed by atoms with Crippen molar-refractivity contribution < 1.29 is 37.5 Å². The number of fused-ring (bicyclic) bond motifs is 1. The third-order valence-electron chi connectivity index (χ3n) is 5.25. The third-order valence-corrected chi connectivity index (χ3v) is 5.25. The number of hydrogen-bond donors (Lipinski definition) is 3. The van der Waals surface area contributed by atoms with Crippen molar-refractivity contribution in [3.8, 4) is 5.69 Å². The second-order valence-electron chi connectivity index (χ2n) is 8.23. The predicted molar refractivity (Wildman–Crippen MR) is 113 cm³/mol. The minimum Gasteiger partial charge on any atom is -0.475 e. The molecule has 0 aliphatic carbocycles. The fraction of sp³-hybridized carbons (Fsp3) is 0.429. The highest BCUT2D eigenvalue weighted by Crippen LogP contribution is 2.29. The van der Waals surface area contributed by atoms with Crippen molar-refractivity contribution in [1.82, 2.24) is 30.5 Å². The molecule has 1 fully saturated rings. The third kappa shape index (κ3) is 6.20. The number of aromatic nitrogens is 3. The van der Waals surface area contributed by atoms with Gasteiger partial charge in [-0.3, -0.25) is 19.7 Å². The number of hydrogen-bond acceptors (Lipinski definition) is 7. The van der Waals surface area contributed by atoms with Crippen LogP contribution in [0.5, 0.6) is 0 Å². The van der Waals surface area contributed by atoms with E-state index in [0.29, 0.717) is 31.1 Å². The number of carbonyl (C=O) groups excluding carboxylic acids is 3. The summed E-state index contributed by atoms with van der Waals surface area (Å²) in [4.78, 5) is 46.7. The van der Waals surface area contributed by atoms with Gasteiger partial charge in [0, 0.05) is 31.1 Å². The van der Waals surface area contributed by atoms with Crippen molar-refractivity contribution >= 4 is 23.7 Å². The number of amides is 3. The second-order valence-corrected chi connectivity index (χ2v) is 8.23. The average molecular weight is 496 g/mol. The van der Waals surface area contributed by atoms with Crippen LogP contribution < -0.4 is 10.6 Å². The van der Waals surface area contributed by atoms with Crippen LogP contribution in [-0.2, 0) is 27.5 Å². The summed E-state index contributed by atoms with van der Waals surface area (Å²) in [5.41, 5.74) is 3.05. The first-order valence-corrected chi connectivity index (χ1v) is 10.6. The maximum Gasteiger partial charge on any atom is 0.490 e. The molecule has 1 aromatic heterocycles. The highest BCUT2D eigenvalue weighted by molar-refractivity contribution is 6.05. The molecule has 11 nitrogen and oxygen atoms in total. The Hall–Kier alpha value is -3.81. The number of rotatable bonds is 5. The zero-order valence-corrected chi connectivity index (χ0v) is 18.8. The molecule has 2 aromatic rings. The van der Waals surface area contributed by atoms with Crippen LogP contribution in [0.2, 0.25) is 0 Å². The first-order valence-electron chi connectivity index (χ1n) is 10.6. The lowest BCUT2D eigenvalue weighted by molar-refractivity contribution is -0.192. The van der Waals surface area contributed by atoms with Crippen molar-refractivity contribution in [3.05, 3.63) is 41.2 Å². The maximum atomic E-state index is 12.7. The Kier molecular flexibility index (Phi) is 7.53. The van der Waals surface area contributed by atoms with Crippen LogP contribution >= 0.6 is 0 Å². The van der Waals surface area contributed by atoms with Gasteiger partial charge in [-0.05, 0) is 30.2 Å². The normalized spacial score (nSPS) is 17.7. The van der Waals surface area contributed by atoms with Crippen LogP contribution in [0.1, 0.15) is 48.3 Å². The van der Waals surface area contributed by atoms with E-state index in [1.54, 1.807) is 10.7 Å². The standard InChI is InChI=1S/C19H22N6O3.C2HF3O2/c1-11(2)20-8-13-10-25(23-22-13)14-3-4-15-12(7-14)9-24(19(15)28)16-5-6-17(26)21-18(16)27;3-2(4,5)1(6)7/h3-4,7,10-11,16,20H,5-6,8-9H2,1-2H3,(H,21,26,27);(H,6,7). The van der Waals surface area contributed by atoms with Gasteiger partial charge in [0.05, 0.1) is 17.6 Å². The van der Waals surface area contributed by atoms with Crippen LogP contribution in [0.4, 0.5) is 13.2 Å².